The molecule has 0 radical (unpaired) electrons. The van der Waals surface area contributed by atoms with Crippen LogP contribution in [0.2, 0.25) is 0 Å². The molecule has 0 aromatic carbocycles. The third kappa shape index (κ3) is 4.00. The Balaban J connectivity index is 2.92. The number of allylic oxidation sites excluding steroid dienone is 4. The first-order valence-electron chi connectivity index (χ1n) is 6.11. The highest BCUT2D eigenvalue weighted by molar-refractivity contribution is 14.1. The number of methoxy groups -OCH3 is 1. The Hall–Kier alpha value is -0.520. The summed E-state index contributed by atoms with van der Waals surface area (Å²) in [6.45, 7) is 6.56. The first-order valence-corrected chi connectivity index (χ1v) is 7.00. The summed E-state index contributed by atoms with van der Waals surface area (Å²) in [5, 5.41) is 0. The predicted molar refractivity (Wildman–Crippen MR) is 79.7 cm³/mol. The van der Waals surface area contributed by atoms with E-state index in [4.69, 9.17) is 7.80 Å². The summed E-state index contributed by atoms with van der Waals surface area (Å²) in [4.78, 5) is 0. The highest BCUT2D eigenvalue weighted by Gasteiger charge is 2.18. The molecule has 0 aliphatic heterocycles. The molecule has 0 amide bonds. The standard InChI is InChI=1S/C14H20FIO2/c1-9(2)10(3)7-11-5-6-13(18-16)14(17-4)12(15)8-11/h6,8-10H,5,7H2,1-4H3. The molecule has 1 aliphatic rings. The Morgan fingerprint density at radius 3 is 2.56 bits per heavy atom. The van der Waals surface area contributed by atoms with E-state index < -0.39 is 0 Å². The second kappa shape index (κ2) is 7.16. The molecule has 0 saturated heterocycles. The SMILES string of the molecule is COC1=C(F)C=C(CC(C)C(C)C)CC=C1OI. The maximum Gasteiger partial charge on any atom is 0.197 e. The Labute approximate surface area is 123 Å². The van der Waals surface area contributed by atoms with Crippen molar-refractivity contribution in [2.75, 3.05) is 7.11 Å². The van der Waals surface area contributed by atoms with Crippen LogP contribution < -0.4 is 0 Å². The van der Waals surface area contributed by atoms with Crippen LogP contribution in [0.1, 0.15) is 33.6 Å². The van der Waals surface area contributed by atoms with Gasteiger partial charge in [-0.2, -0.15) is 0 Å². The molecule has 18 heavy (non-hydrogen) atoms. The Kier molecular flexibility index (Phi) is 6.18. The van der Waals surface area contributed by atoms with Crippen molar-refractivity contribution in [1.29, 1.82) is 0 Å². The van der Waals surface area contributed by atoms with Crippen molar-refractivity contribution >= 4 is 23.0 Å². The van der Waals surface area contributed by atoms with Gasteiger partial charge in [-0.3, -0.25) is 0 Å². The van der Waals surface area contributed by atoms with Crippen LogP contribution in [-0.4, -0.2) is 7.11 Å². The van der Waals surface area contributed by atoms with E-state index in [1.807, 2.05) is 6.08 Å². The lowest BCUT2D eigenvalue weighted by Gasteiger charge is -2.16. The van der Waals surface area contributed by atoms with Gasteiger partial charge >= 0.3 is 0 Å². The van der Waals surface area contributed by atoms with Crippen molar-refractivity contribution in [3.8, 4) is 0 Å². The molecule has 2 nitrogen and oxygen atoms in total. The highest BCUT2D eigenvalue weighted by Crippen LogP contribution is 2.30. The van der Waals surface area contributed by atoms with Gasteiger partial charge in [0.1, 0.15) is 0 Å². The average molecular weight is 366 g/mol. The monoisotopic (exact) mass is 366 g/mol. The quantitative estimate of drug-likeness (QED) is 0.632. The molecule has 0 spiro atoms. The van der Waals surface area contributed by atoms with Crippen LogP contribution in [0, 0.1) is 11.8 Å². The van der Waals surface area contributed by atoms with E-state index in [-0.39, 0.29) is 11.6 Å². The lowest BCUT2D eigenvalue weighted by molar-refractivity contribution is 0.265. The number of hydrogen-bond acceptors (Lipinski definition) is 2. The Bertz CT molecular complexity index is 383. The Morgan fingerprint density at radius 2 is 2.06 bits per heavy atom. The van der Waals surface area contributed by atoms with E-state index in [2.05, 4.69) is 20.8 Å². The summed E-state index contributed by atoms with van der Waals surface area (Å²) in [7, 11) is 1.45. The second-order valence-corrected chi connectivity index (χ2v) is 5.40. The average Bonchev–Trinajstić information content (AvgIpc) is 2.47. The Morgan fingerprint density at radius 1 is 1.39 bits per heavy atom. The van der Waals surface area contributed by atoms with E-state index in [1.54, 1.807) is 29.1 Å². The maximum atomic E-state index is 14.0. The molecule has 1 atom stereocenters. The zero-order chi connectivity index (χ0) is 13.7. The minimum absolute atomic E-state index is 0.177. The fourth-order valence-corrected chi connectivity index (χ4v) is 2.17. The second-order valence-electron chi connectivity index (χ2n) is 4.96. The van der Waals surface area contributed by atoms with E-state index >= 15 is 0 Å². The van der Waals surface area contributed by atoms with Gasteiger partial charge in [0.05, 0.1) is 7.11 Å². The lowest BCUT2D eigenvalue weighted by atomic mass is 9.90. The minimum Gasteiger partial charge on any atom is -0.490 e. The van der Waals surface area contributed by atoms with Crippen LogP contribution in [0.3, 0.4) is 0 Å². The summed E-state index contributed by atoms with van der Waals surface area (Å²) in [5.41, 5.74) is 1.08. The van der Waals surface area contributed by atoms with Gasteiger partial charge in [-0.25, -0.2) is 4.39 Å². The first kappa shape index (κ1) is 15.5. The van der Waals surface area contributed by atoms with Gasteiger partial charge in [0.25, 0.3) is 0 Å². The molecular formula is C14H20FIO2. The molecule has 0 bridgehead atoms. The van der Waals surface area contributed by atoms with E-state index in [0.29, 0.717) is 24.0 Å². The number of ether oxygens (including phenoxy) is 1. The molecule has 0 heterocycles. The van der Waals surface area contributed by atoms with Gasteiger partial charge in [0.15, 0.2) is 40.4 Å². The molecule has 0 saturated carbocycles. The van der Waals surface area contributed by atoms with E-state index in [0.717, 1.165) is 12.0 Å². The highest BCUT2D eigenvalue weighted by atomic mass is 127. The minimum atomic E-state index is -0.358. The lowest BCUT2D eigenvalue weighted by Crippen LogP contribution is -2.04. The van der Waals surface area contributed by atoms with Crippen LogP contribution >= 0.6 is 23.0 Å². The van der Waals surface area contributed by atoms with Crippen molar-refractivity contribution in [2.45, 2.75) is 33.6 Å². The molecule has 0 aromatic heterocycles. The number of hydrogen-bond donors (Lipinski definition) is 0. The summed E-state index contributed by atoms with van der Waals surface area (Å²) in [6.07, 6.45) is 5.05. The fraction of sp³-hybridized carbons (Fsp3) is 0.571. The fourth-order valence-electron chi connectivity index (χ4n) is 1.79. The molecule has 1 unspecified atom stereocenters. The maximum absolute atomic E-state index is 14.0. The van der Waals surface area contributed by atoms with Crippen LogP contribution in [0.25, 0.3) is 0 Å². The third-order valence-electron chi connectivity index (χ3n) is 3.33. The van der Waals surface area contributed by atoms with E-state index in [1.165, 1.54) is 7.11 Å². The zero-order valence-electron chi connectivity index (χ0n) is 11.3. The summed E-state index contributed by atoms with van der Waals surface area (Å²) >= 11 is 1.74. The van der Waals surface area contributed by atoms with Gasteiger partial charge in [0.2, 0.25) is 0 Å². The molecule has 0 N–H and O–H groups in total. The van der Waals surface area contributed by atoms with Crippen LogP contribution in [0.5, 0.6) is 0 Å². The van der Waals surface area contributed by atoms with E-state index in [9.17, 15) is 4.39 Å². The van der Waals surface area contributed by atoms with Crippen LogP contribution in [-0.2, 0) is 7.80 Å². The third-order valence-corrected chi connectivity index (χ3v) is 3.81. The molecule has 1 aliphatic carbocycles. The van der Waals surface area contributed by atoms with Crippen LogP contribution in [0.4, 0.5) is 4.39 Å². The first-order chi connectivity index (χ1) is 8.49. The largest absolute Gasteiger partial charge is 0.490 e. The zero-order valence-corrected chi connectivity index (χ0v) is 13.5. The number of halogens is 2. The van der Waals surface area contributed by atoms with Crippen molar-refractivity contribution in [3.63, 3.8) is 0 Å². The molecular weight excluding hydrogens is 346 g/mol. The summed E-state index contributed by atoms with van der Waals surface area (Å²) < 4.78 is 24.2. The van der Waals surface area contributed by atoms with Gasteiger partial charge in [-0.05, 0) is 36.8 Å². The predicted octanol–water partition coefficient (Wildman–Crippen LogP) is 5.08. The molecule has 1 rings (SSSR count). The molecule has 0 fully saturated rings. The topological polar surface area (TPSA) is 18.5 Å². The van der Waals surface area contributed by atoms with Gasteiger partial charge < -0.3 is 7.80 Å². The smallest absolute Gasteiger partial charge is 0.197 e. The van der Waals surface area contributed by atoms with Crippen LogP contribution in [0.15, 0.2) is 35.1 Å². The van der Waals surface area contributed by atoms with Crippen molar-refractivity contribution < 1.29 is 12.2 Å². The summed E-state index contributed by atoms with van der Waals surface area (Å²) in [5.74, 6) is 1.40. The molecule has 0 aromatic rings. The van der Waals surface area contributed by atoms with Gasteiger partial charge in [-0.15, -0.1) is 0 Å². The van der Waals surface area contributed by atoms with Crippen molar-refractivity contribution in [2.24, 2.45) is 11.8 Å². The van der Waals surface area contributed by atoms with Gasteiger partial charge in [-0.1, -0.05) is 26.3 Å². The molecule has 4 heteroatoms. The van der Waals surface area contributed by atoms with Gasteiger partial charge in [0, 0.05) is 0 Å². The van der Waals surface area contributed by atoms with Crippen molar-refractivity contribution in [3.05, 3.63) is 35.1 Å². The summed E-state index contributed by atoms with van der Waals surface area (Å²) in [6, 6.07) is 0. The number of rotatable bonds is 5. The van der Waals surface area contributed by atoms with Crippen molar-refractivity contribution in [1.82, 2.24) is 0 Å². The normalized spacial score (nSPS) is 18.2. The molecule has 102 valence electrons.